The summed E-state index contributed by atoms with van der Waals surface area (Å²) in [4.78, 5) is 27.5. The van der Waals surface area contributed by atoms with Crippen molar-refractivity contribution in [3.63, 3.8) is 0 Å². The van der Waals surface area contributed by atoms with Gasteiger partial charge in [-0.1, -0.05) is 6.07 Å². The molecule has 2 heterocycles. The van der Waals surface area contributed by atoms with Crippen LogP contribution in [-0.2, 0) is 16.0 Å². The van der Waals surface area contributed by atoms with Gasteiger partial charge >= 0.3 is 11.7 Å². The first-order valence-corrected chi connectivity index (χ1v) is 12.0. The number of methoxy groups -OCH3 is 1. The van der Waals surface area contributed by atoms with E-state index in [1.807, 2.05) is 21.1 Å². The number of nitrogens with one attached hydrogen (secondary N) is 1. The molecule has 0 saturated carbocycles. The van der Waals surface area contributed by atoms with Crippen molar-refractivity contribution in [1.82, 2.24) is 14.8 Å². The van der Waals surface area contributed by atoms with E-state index in [4.69, 9.17) is 4.74 Å². The summed E-state index contributed by atoms with van der Waals surface area (Å²) in [6.45, 7) is 3.23. The van der Waals surface area contributed by atoms with Gasteiger partial charge in [-0.3, -0.25) is 4.90 Å². The van der Waals surface area contributed by atoms with Crippen LogP contribution < -0.4 is 10.6 Å². The zero-order chi connectivity index (χ0) is 28.8. The Morgan fingerprint density at radius 3 is 2.49 bits per heavy atom. The van der Waals surface area contributed by atoms with E-state index in [-0.39, 0.29) is 17.2 Å². The number of halogens is 3. The summed E-state index contributed by atoms with van der Waals surface area (Å²) in [7, 11) is 7.19. The number of likely N-dealkylation sites (N-methyl/N-ethyl adjacent to an activating group) is 1. The number of carbonyl (C=O) groups is 1. The average molecular weight is 542 g/mol. The van der Waals surface area contributed by atoms with Gasteiger partial charge in [-0.05, 0) is 37.1 Å². The molecule has 39 heavy (non-hydrogen) atoms. The fourth-order valence-corrected chi connectivity index (χ4v) is 4.73. The van der Waals surface area contributed by atoms with Gasteiger partial charge in [0.1, 0.15) is 6.04 Å². The number of ether oxygens (including phenoxy) is 1. The number of rotatable bonds is 6. The van der Waals surface area contributed by atoms with Crippen molar-refractivity contribution in [3.05, 3.63) is 85.7 Å². The Morgan fingerprint density at radius 1 is 1.18 bits per heavy atom. The zero-order valence-electron chi connectivity index (χ0n) is 22.4. The molecule has 1 N–H and O–H groups in total. The SMILES string of the molecule is COC(=O)C1=C(C)N(c2cc(F)c(F)c(C)c2F)c2n[nH]c(=O)n2C1c1ccc(C#N)cc1CC[N+](C)(C)C. The number of fused-ring (bicyclic) bond motifs is 1. The minimum atomic E-state index is -1.35. The Bertz CT molecular complexity index is 1610. The highest BCUT2D eigenvalue weighted by Crippen LogP contribution is 2.44. The Hall–Kier alpha value is -4.37. The number of allylic oxidation sites excluding steroid dienone is 1. The van der Waals surface area contributed by atoms with Crippen molar-refractivity contribution in [2.75, 3.05) is 39.7 Å². The molecule has 1 unspecified atom stereocenters. The maximum absolute atomic E-state index is 15.3. The number of quaternary nitrogens is 1. The van der Waals surface area contributed by atoms with Crippen molar-refractivity contribution in [2.24, 2.45) is 0 Å². The molecule has 1 aromatic heterocycles. The molecule has 1 aliphatic heterocycles. The third-order valence-electron chi connectivity index (χ3n) is 6.76. The second kappa shape index (κ2) is 10.1. The van der Waals surface area contributed by atoms with E-state index in [1.54, 1.807) is 18.2 Å². The summed E-state index contributed by atoms with van der Waals surface area (Å²) in [5.74, 6) is -4.69. The van der Waals surface area contributed by atoms with Crippen LogP contribution in [0.2, 0.25) is 0 Å². The number of anilines is 2. The van der Waals surface area contributed by atoms with Crippen LogP contribution in [0.5, 0.6) is 0 Å². The predicted molar refractivity (Wildman–Crippen MR) is 137 cm³/mol. The van der Waals surface area contributed by atoms with Crippen molar-refractivity contribution >= 4 is 17.6 Å². The molecule has 9 nitrogen and oxygen atoms in total. The first-order chi connectivity index (χ1) is 18.3. The lowest BCUT2D eigenvalue weighted by atomic mass is 9.89. The number of esters is 1. The van der Waals surface area contributed by atoms with Gasteiger partial charge in [0.25, 0.3) is 0 Å². The standard InChI is InChI=1S/C27H27F3N6O3/c1-14-22(29)19(28)12-20(23(14)30)34-15(2)21(25(37)39-6)24(35-26(34)32-33-27(35)38)18-8-7-16(13-31)11-17(18)9-10-36(3,4)5/h7-8,11-12,24H,9-10H2,1-6H3/p+1. The Labute approximate surface area is 222 Å². The maximum atomic E-state index is 15.3. The molecular formula is C27H28F3N6O3+. The minimum Gasteiger partial charge on any atom is -0.466 e. The normalized spacial score (nSPS) is 15.3. The highest BCUT2D eigenvalue weighted by atomic mass is 19.2. The third-order valence-corrected chi connectivity index (χ3v) is 6.76. The number of hydrogen-bond donors (Lipinski definition) is 1. The van der Waals surface area contributed by atoms with E-state index < -0.39 is 46.4 Å². The van der Waals surface area contributed by atoms with Crippen LogP contribution in [0.4, 0.5) is 24.8 Å². The van der Waals surface area contributed by atoms with Crippen LogP contribution >= 0.6 is 0 Å². The predicted octanol–water partition coefficient (Wildman–Crippen LogP) is 3.61. The molecule has 0 aliphatic carbocycles. The fraction of sp³-hybridized carbons (Fsp3) is 0.333. The molecule has 204 valence electrons. The summed E-state index contributed by atoms with van der Waals surface area (Å²) >= 11 is 0. The van der Waals surface area contributed by atoms with E-state index in [0.717, 1.165) is 23.5 Å². The molecule has 4 rings (SSSR count). The molecule has 12 heteroatoms. The number of H-pyrrole nitrogens is 1. The summed E-state index contributed by atoms with van der Waals surface area (Å²) in [5.41, 5.74) is -0.0245. The van der Waals surface area contributed by atoms with Crippen LogP contribution in [-0.4, -0.2) is 60.0 Å². The number of benzene rings is 2. The van der Waals surface area contributed by atoms with Crippen LogP contribution in [0.1, 0.15) is 35.2 Å². The number of nitriles is 1. The Morgan fingerprint density at radius 2 is 1.87 bits per heavy atom. The van der Waals surface area contributed by atoms with Crippen LogP contribution in [0.15, 0.2) is 40.3 Å². The molecule has 0 bridgehead atoms. The van der Waals surface area contributed by atoms with E-state index in [2.05, 4.69) is 16.3 Å². The van der Waals surface area contributed by atoms with Crippen molar-refractivity contribution in [3.8, 4) is 6.07 Å². The first kappa shape index (κ1) is 27.7. The van der Waals surface area contributed by atoms with Gasteiger partial charge < -0.3 is 9.22 Å². The van der Waals surface area contributed by atoms with Gasteiger partial charge in [-0.15, -0.1) is 5.10 Å². The molecule has 0 amide bonds. The number of carbonyl (C=O) groups excluding carboxylic acids is 1. The third kappa shape index (κ3) is 4.81. The number of aromatic nitrogens is 3. The van der Waals surface area contributed by atoms with E-state index in [1.165, 1.54) is 6.92 Å². The van der Waals surface area contributed by atoms with Crippen molar-refractivity contribution in [2.45, 2.75) is 26.3 Å². The summed E-state index contributed by atoms with van der Waals surface area (Å²) < 4.78 is 50.7. The number of nitrogens with zero attached hydrogens (tertiary/aromatic N) is 5. The van der Waals surface area contributed by atoms with Gasteiger partial charge in [0, 0.05) is 23.7 Å². The number of hydrogen-bond acceptors (Lipinski definition) is 6. The van der Waals surface area contributed by atoms with Gasteiger partial charge in [-0.2, -0.15) is 5.26 Å². The van der Waals surface area contributed by atoms with Crippen molar-refractivity contribution in [1.29, 1.82) is 5.26 Å². The highest BCUT2D eigenvalue weighted by Gasteiger charge is 2.41. The second-order valence-corrected chi connectivity index (χ2v) is 10.3. The van der Waals surface area contributed by atoms with Crippen LogP contribution in [0, 0.1) is 35.7 Å². The Balaban J connectivity index is 2.05. The van der Waals surface area contributed by atoms with Crippen LogP contribution in [0.3, 0.4) is 0 Å². The molecule has 1 atom stereocenters. The highest BCUT2D eigenvalue weighted by molar-refractivity contribution is 5.93. The minimum absolute atomic E-state index is 0.0357. The fourth-order valence-electron chi connectivity index (χ4n) is 4.73. The molecular weight excluding hydrogens is 513 g/mol. The summed E-state index contributed by atoms with van der Waals surface area (Å²) in [6, 6.07) is 6.62. The Kier molecular flexibility index (Phi) is 7.14. The quantitative estimate of drug-likeness (QED) is 0.291. The van der Waals surface area contributed by atoms with Gasteiger partial charge in [0.2, 0.25) is 5.95 Å². The lowest BCUT2D eigenvalue weighted by Crippen LogP contribution is -2.39. The van der Waals surface area contributed by atoms with Gasteiger partial charge in [0.15, 0.2) is 17.5 Å². The van der Waals surface area contributed by atoms with E-state index >= 15 is 4.39 Å². The molecule has 0 radical (unpaired) electrons. The smallest absolute Gasteiger partial charge is 0.345 e. The molecule has 0 spiro atoms. The lowest BCUT2D eigenvalue weighted by molar-refractivity contribution is -0.870. The van der Waals surface area contributed by atoms with Crippen molar-refractivity contribution < 1.29 is 27.2 Å². The summed E-state index contributed by atoms with van der Waals surface area (Å²) in [5, 5.41) is 15.9. The maximum Gasteiger partial charge on any atom is 0.345 e. The molecule has 0 fully saturated rings. The topological polar surface area (TPSA) is 104 Å². The van der Waals surface area contributed by atoms with Gasteiger partial charge in [-0.25, -0.2) is 32.4 Å². The second-order valence-electron chi connectivity index (χ2n) is 10.3. The zero-order valence-corrected chi connectivity index (χ0v) is 22.4. The largest absolute Gasteiger partial charge is 0.466 e. The molecule has 2 aromatic carbocycles. The number of aromatic amines is 1. The van der Waals surface area contributed by atoms with E-state index in [0.29, 0.717) is 40.2 Å². The first-order valence-electron chi connectivity index (χ1n) is 12.0. The van der Waals surface area contributed by atoms with E-state index in [9.17, 15) is 23.6 Å². The van der Waals surface area contributed by atoms with Gasteiger partial charge in [0.05, 0.1) is 57.7 Å². The molecule has 3 aromatic rings. The monoisotopic (exact) mass is 541 g/mol. The molecule has 0 saturated heterocycles. The van der Waals surface area contributed by atoms with Crippen LogP contribution in [0.25, 0.3) is 0 Å². The summed E-state index contributed by atoms with van der Waals surface area (Å²) in [6.07, 6.45) is 0.501. The molecule has 1 aliphatic rings. The lowest BCUT2D eigenvalue weighted by Gasteiger charge is -2.36. The average Bonchev–Trinajstić information content (AvgIpc) is 3.27.